The number of hydrazone groups is 1. The van der Waals surface area contributed by atoms with Gasteiger partial charge in [-0.05, 0) is 42.0 Å². The van der Waals surface area contributed by atoms with Crippen molar-refractivity contribution in [3.63, 3.8) is 0 Å². The number of nitrogens with zero attached hydrogens (tertiary/aromatic N) is 2. The summed E-state index contributed by atoms with van der Waals surface area (Å²) in [4.78, 5) is 22.0. The number of nitro benzene ring substituents is 1. The molecule has 3 rings (SSSR count). The Morgan fingerprint density at radius 2 is 1.81 bits per heavy atom. The lowest BCUT2D eigenvalue weighted by Gasteiger charge is -2.00. The maximum atomic E-state index is 12.8. The average molecular weight is 367 g/mol. The Bertz CT molecular complexity index is 979. The fourth-order valence-electron chi connectivity index (χ4n) is 2.32. The molecule has 7 nitrogen and oxygen atoms in total. The van der Waals surface area contributed by atoms with Crippen molar-refractivity contribution in [3.8, 4) is 11.3 Å². The molecule has 0 atom stereocenters. The quantitative estimate of drug-likeness (QED) is 0.408. The van der Waals surface area contributed by atoms with Crippen LogP contribution in [0.5, 0.6) is 0 Å². The molecule has 0 saturated carbocycles. The second-order valence-corrected chi connectivity index (χ2v) is 5.60. The number of nitrogens with one attached hydrogen (secondary N) is 1. The van der Waals surface area contributed by atoms with E-state index in [0.717, 1.165) is 0 Å². The number of carbonyl (C=O) groups is 1. The predicted octanol–water partition coefficient (Wildman–Crippen LogP) is 3.69. The third kappa shape index (κ3) is 4.85. The van der Waals surface area contributed by atoms with E-state index >= 15 is 0 Å². The van der Waals surface area contributed by atoms with Crippen molar-refractivity contribution in [2.24, 2.45) is 5.10 Å². The fourth-order valence-corrected chi connectivity index (χ4v) is 2.32. The first kappa shape index (κ1) is 18.0. The number of hydrogen-bond acceptors (Lipinski definition) is 5. The topological polar surface area (TPSA) is 97.7 Å². The zero-order chi connectivity index (χ0) is 19.2. The van der Waals surface area contributed by atoms with Gasteiger partial charge in [-0.3, -0.25) is 14.9 Å². The van der Waals surface area contributed by atoms with Gasteiger partial charge in [-0.1, -0.05) is 12.1 Å². The van der Waals surface area contributed by atoms with Gasteiger partial charge in [0.15, 0.2) is 0 Å². The van der Waals surface area contributed by atoms with Crippen LogP contribution in [0, 0.1) is 15.9 Å². The minimum Gasteiger partial charge on any atom is -0.455 e. The molecule has 0 radical (unpaired) electrons. The lowest BCUT2D eigenvalue weighted by Crippen LogP contribution is -2.19. The van der Waals surface area contributed by atoms with Crippen LogP contribution in [-0.4, -0.2) is 17.0 Å². The van der Waals surface area contributed by atoms with Crippen LogP contribution in [0.25, 0.3) is 11.3 Å². The zero-order valence-electron chi connectivity index (χ0n) is 14.0. The predicted molar refractivity (Wildman–Crippen MR) is 96.6 cm³/mol. The SMILES string of the molecule is O=C(Cc1ccc(F)cc1)N/N=C\c1ccc(-c2ccc([N+](=O)[O-])cc2)o1. The van der Waals surface area contributed by atoms with Gasteiger partial charge in [0.2, 0.25) is 5.91 Å². The lowest BCUT2D eigenvalue weighted by atomic mass is 10.1. The summed E-state index contributed by atoms with van der Waals surface area (Å²) in [5.74, 6) is 0.216. The summed E-state index contributed by atoms with van der Waals surface area (Å²) < 4.78 is 18.4. The number of non-ortho nitro benzene ring substituents is 1. The monoisotopic (exact) mass is 367 g/mol. The van der Waals surface area contributed by atoms with E-state index in [4.69, 9.17) is 4.42 Å². The minimum atomic E-state index is -0.474. The molecule has 1 amide bonds. The molecule has 0 unspecified atom stereocenters. The van der Waals surface area contributed by atoms with E-state index < -0.39 is 4.92 Å². The van der Waals surface area contributed by atoms with Gasteiger partial charge in [0, 0.05) is 17.7 Å². The number of carbonyl (C=O) groups excluding carboxylic acids is 1. The molecule has 0 aliphatic rings. The van der Waals surface area contributed by atoms with Crippen LogP contribution in [-0.2, 0) is 11.2 Å². The van der Waals surface area contributed by atoms with Crippen molar-refractivity contribution in [2.45, 2.75) is 6.42 Å². The molecule has 0 bridgehead atoms. The van der Waals surface area contributed by atoms with Gasteiger partial charge in [-0.15, -0.1) is 0 Å². The molecule has 27 heavy (non-hydrogen) atoms. The lowest BCUT2D eigenvalue weighted by molar-refractivity contribution is -0.384. The summed E-state index contributed by atoms with van der Waals surface area (Å²) in [6.07, 6.45) is 1.42. The van der Waals surface area contributed by atoms with Crippen LogP contribution in [0.15, 0.2) is 70.2 Å². The second kappa shape index (κ2) is 8.05. The van der Waals surface area contributed by atoms with E-state index in [0.29, 0.717) is 22.6 Å². The smallest absolute Gasteiger partial charge is 0.269 e. The van der Waals surface area contributed by atoms with E-state index in [1.165, 1.54) is 42.6 Å². The number of hydrogen-bond donors (Lipinski definition) is 1. The molecule has 136 valence electrons. The number of amides is 1. The molecule has 0 aliphatic heterocycles. The number of halogens is 1. The maximum Gasteiger partial charge on any atom is 0.269 e. The zero-order valence-corrected chi connectivity index (χ0v) is 14.0. The van der Waals surface area contributed by atoms with E-state index in [2.05, 4.69) is 10.5 Å². The van der Waals surface area contributed by atoms with Crippen LogP contribution < -0.4 is 5.43 Å². The molecule has 1 aromatic heterocycles. The first-order valence-corrected chi connectivity index (χ1v) is 7.92. The van der Waals surface area contributed by atoms with Gasteiger partial charge in [0.1, 0.15) is 17.3 Å². The van der Waals surface area contributed by atoms with Crippen molar-refractivity contribution in [1.29, 1.82) is 0 Å². The summed E-state index contributed by atoms with van der Waals surface area (Å²) in [7, 11) is 0. The first-order valence-electron chi connectivity index (χ1n) is 7.92. The number of rotatable bonds is 6. The third-order valence-corrected chi connectivity index (χ3v) is 3.65. The Morgan fingerprint density at radius 3 is 2.48 bits per heavy atom. The van der Waals surface area contributed by atoms with Crippen molar-refractivity contribution in [3.05, 3.63) is 87.9 Å². The summed E-state index contributed by atoms with van der Waals surface area (Å²) >= 11 is 0. The molecule has 1 heterocycles. The molecule has 3 aromatic rings. The minimum absolute atomic E-state index is 0.00374. The normalized spacial score (nSPS) is 10.9. The Hall–Kier alpha value is -3.81. The molecule has 0 saturated heterocycles. The highest BCUT2D eigenvalue weighted by molar-refractivity contribution is 5.82. The third-order valence-electron chi connectivity index (χ3n) is 3.65. The van der Waals surface area contributed by atoms with Gasteiger partial charge in [-0.2, -0.15) is 5.10 Å². The average Bonchev–Trinajstić information content (AvgIpc) is 3.12. The molecule has 2 aromatic carbocycles. The van der Waals surface area contributed by atoms with E-state index in [-0.39, 0.29) is 23.8 Å². The van der Waals surface area contributed by atoms with Crippen molar-refractivity contribution in [2.75, 3.05) is 0 Å². The number of nitro groups is 1. The summed E-state index contributed by atoms with van der Waals surface area (Å²) in [6.45, 7) is 0. The van der Waals surface area contributed by atoms with Gasteiger partial charge < -0.3 is 4.42 Å². The van der Waals surface area contributed by atoms with Crippen LogP contribution in [0.2, 0.25) is 0 Å². The molecular formula is C19H14FN3O4. The number of benzene rings is 2. The summed E-state index contributed by atoms with van der Waals surface area (Å²) in [5, 5.41) is 14.5. The highest BCUT2D eigenvalue weighted by atomic mass is 19.1. The highest BCUT2D eigenvalue weighted by Gasteiger charge is 2.08. The van der Waals surface area contributed by atoms with Crippen LogP contribution >= 0.6 is 0 Å². The molecule has 0 aliphatic carbocycles. The van der Waals surface area contributed by atoms with Gasteiger partial charge >= 0.3 is 0 Å². The van der Waals surface area contributed by atoms with Crippen molar-refractivity contribution < 1.29 is 18.5 Å². The maximum absolute atomic E-state index is 12.8. The van der Waals surface area contributed by atoms with Crippen molar-refractivity contribution in [1.82, 2.24) is 5.43 Å². The molecule has 1 N–H and O–H groups in total. The standard InChI is InChI=1S/C19H14FN3O4/c20-15-5-1-13(2-6-15)11-19(24)22-21-12-17-9-10-18(27-17)14-3-7-16(8-4-14)23(25)26/h1-10,12H,11H2,(H,22,24)/b21-12-. The molecule has 0 spiro atoms. The molecule has 0 fully saturated rings. The largest absolute Gasteiger partial charge is 0.455 e. The highest BCUT2D eigenvalue weighted by Crippen LogP contribution is 2.23. The number of furan rings is 1. The van der Waals surface area contributed by atoms with Gasteiger partial charge in [0.05, 0.1) is 17.6 Å². The van der Waals surface area contributed by atoms with Crippen LogP contribution in [0.1, 0.15) is 11.3 Å². The molecule has 8 heteroatoms. The van der Waals surface area contributed by atoms with Gasteiger partial charge in [-0.25, -0.2) is 9.82 Å². The van der Waals surface area contributed by atoms with Gasteiger partial charge in [0.25, 0.3) is 5.69 Å². The Labute approximate surface area is 153 Å². The first-order chi connectivity index (χ1) is 13.0. The Morgan fingerprint density at radius 1 is 1.11 bits per heavy atom. The second-order valence-electron chi connectivity index (χ2n) is 5.60. The summed E-state index contributed by atoms with van der Waals surface area (Å²) in [6, 6.07) is 14.9. The molecular weight excluding hydrogens is 353 g/mol. The van der Waals surface area contributed by atoms with Crippen LogP contribution in [0.3, 0.4) is 0 Å². The Kier molecular flexibility index (Phi) is 5.36. The fraction of sp³-hybridized carbons (Fsp3) is 0.0526. The summed E-state index contributed by atoms with van der Waals surface area (Å²) in [5.41, 5.74) is 3.71. The van der Waals surface area contributed by atoms with E-state index in [1.807, 2.05) is 0 Å². The van der Waals surface area contributed by atoms with E-state index in [1.54, 1.807) is 24.3 Å². The van der Waals surface area contributed by atoms with Crippen molar-refractivity contribution >= 4 is 17.8 Å². The Balaban J connectivity index is 1.57. The van der Waals surface area contributed by atoms with Crippen LogP contribution in [0.4, 0.5) is 10.1 Å². The van der Waals surface area contributed by atoms with E-state index in [9.17, 15) is 19.3 Å².